The van der Waals surface area contributed by atoms with E-state index in [0.717, 1.165) is 51.6 Å². The molecule has 0 aromatic heterocycles. The third kappa shape index (κ3) is 18.1. The van der Waals surface area contributed by atoms with Crippen molar-refractivity contribution in [3.63, 3.8) is 0 Å². The number of carbonyl (C=O) groups excluding carboxylic acids is 4. The summed E-state index contributed by atoms with van der Waals surface area (Å²) in [5.74, 6) is 0.749. The standard InChI is InChI=1S/2C22H38N2O3/c2*1-2-3-4-5-6-7-8-9-10-11-12-13-16-23-21(25)18-20-19-15-14-17-24(19)22(26)27-20/h2*18-19H,2-17H2,1H3,(H,23,25)/b2*20-18+/t2*19-/m11/s1. The summed E-state index contributed by atoms with van der Waals surface area (Å²) in [6.45, 7) is 7.39. The van der Waals surface area contributed by atoms with Crippen LogP contribution in [0.2, 0.25) is 0 Å². The van der Waals surface area contributed by atoms with Gasteiger partial charge in [-0.2, -0.15) is 0 Å². The zero-order valence-corrected chi connectivity index (χ0v) is 34.3. The Morgan fingerprint density at radius 2 is 0.815 bits per heavy atom. The summed E-state index contributed by atoms with van der Waals surface area (Å²) in [6, 6.07) is -0.0372. The summed E-state index contributed by atoms with van der Waals surface area (Å²) < 4.78 is 10.4. The van der Waals surface area contributed by atoms with Crippen LogP contribution in [-0.4, -0.2) is 72.1 Å². The minimum absolute atomic E-state index is 0.0186. The highest BCUT2D eigenvalue weighted by Crippen LogP contribution is 2.32. The first-order valence-electron chi connectivity index (χ1n) is 22.4. The Morgan fingerprint density at radius 1 is 0.519 bits per heavy atom. The van der Waals surface area contributed by atoms with E-state index < -0.39 is 0 Å². The van der Waals surface area contributed by atoms with Crippen molar-refractivity contribution in [1.29, 1.82) is 0 Å². The highest BCUT2D eigenvalue weighted by Gasteiger charge is 2.42. The number of nitrogens with one attached hydrogen (secondary N) is 2. The van der Waals surface area contributed by atoms with Crippen LogP contribution >= 0.6 is 0 Å². The van der Waals surface area contributed by atoms with Gasteiger partial charge >= 0.3 is 12.2 Å². The first kappa shape index (κ1) is 45.4. The van der Waals surface area contributed by atoms with Crippen LogP contribution in [0.3, 0.4) is 0 Å². The van der Waals surface area contributed by atoms with E-state index in [4.69, 9.17) is 9.47 Å². The van der Waals surface area contributed by atoms with E-state index in [0.29, 0.717) is 24.6 Å². The van der Waals surface area contributed by atoms with Gasteiger partial charge in [-0.3, -0.25) is 19.4 Å². The van der Waals surface area contributed by atoms with Crippen LogP contribution < -0.4 is 10.6 Å². The molecule has 2 N–H and O–H groups in total. The maximum atomic E-state index is 12.0. The van der Waals surface area contributed by atoms with Crippen LogP contribution in [-0.2, 0) is 19.1 Å². The Labute approximate surface area is 328 Å². The molecule has 4 aliphatic heterocycles. The van der Waals surface area contributed by atoms with E-state index in [1.807, 2.05) is 0 Å². The van der Waals surface area contributed by atoms with Crippen molar-refractivity contribution in [3.05, 3.63) is 23.7 Å². The number of ether oxygens (including phenoxy) is 2. The quantitative estimate of drug-likeness (QED) is 0.0606. The summed E-state index contributed by atoms with van der Waals surface area (Å²) in [6.07, 6.45) is 37.6. The molecular weight excluding hydrogens is 681 g/mol. The Bertz CT molecular complexity index is 1070. The number of cyclic esters (lactones) is 2. The second-order valence-electron chi connectivity index (χ2n) is 15.9. The van der Waals surface area contributed by atoms with E-state index in [2.05, 4.69) is 24.5 Å². The molecule has 4 heterocycles. The molecule has 4 fully saturated rings. The van der Waals surface area contributed by atoms with Crippen molar-refractivity contribution in [3.8, 4) is 0 Å². The van der Waals surface area contributed by atoms with Gasteiger partial charge in [0.25, 0.3) is 0 Å². The van der Waals surface area contributed by atoms with Crippen molar-refractivity contribution < 1.29 is 28.7 Å². The molecule has 308 valence electrons. The molecule has 4 saturated heterocycles. The minimum atomic E-state index is -0.308. The largest absolute Gasteiger partial charge is 0.415 e. The van der Waals surface area contributed by atoms with Crippen LogP contribution in [0.25, 0.3) is 0 Å². The van der Waals surface area contributed by atoms with E-state index in [1.165, 1.54) is 153 Å². The molecule has 0 aromatic rings. The molecule has 0 bridgehead atoms. The lowest BCUT2D eigenvalue weighted by Gasteiger charge is -2.09. The van der Waals surface area contributed by atoms with Crippen molar-refractivity contribution in [1.82, 2.24) is 20.4 Å². The van der Waals surface area contributed by atoms with Crippen molar-refractivity contribution in [2.24, 2.45) is 0 Å². The smallest absolute Gasteiger partial charge is 0.412 e. The number of nitrogens with zero attached hydrogens (tertiary/aromatic N) is 2. The van der Waals surface area contributed by atoms with Gasteiger partial charge in [0.15, 0.2) is 0 Å². The molecule has 4 rings (SSSR count). The molecule has 10 nitrogen and oxygen atoms in total. The fourth-order valence-electron chi connectivity index (χ4n) is 7.98. The van der Waals surface area contributed by atoms with Crippen molar-refractivity contribution >= 4 is 24.0 Å². The Balaban J connectivity index is 0.000000290. The number of hydrogen-bond acceptors (Lipinski definition) is 6. The fourth-order valence-corrected chi connectivity index (χ4v) is 7.98. The highest BCUT2D eigenvalue weighted by atomic mass is 16.6. The van der Waals surface area contributed by atoms with Crippen molar-refractivity contribution in [2.75, 3.05) is 26.2 Å². The van der Waals surface area contributed by atoms with E-state index >= 15 is 0 Å². The van der Waals surface area contributed by atoms with Gasteiger partial charge < -0.3 is 20.1 Å². The molecule has 0 radical (unpaired) electrons. The topological polar surface area (TPSA) is 117 Å². The summed E-state index contributed by atoms with van der Waals surface area (Å²) in [7, 11) is 0. The molecule has 0 spiro atoms. The second kappa shape index (κ2) is 28.4. The average molecular weight is 757 g/mol. The number of carbonyl (C=O) groups is 4. The minimum Gasteiger partial charge on any atom is -0.412 e. The summed E-state index contributed by atoms with van der Waals surface area (Å²) in [5.41, 5.74) is 0. The van der Waals surface area contributed by atoms with Gasteiger partial charge in [-0.05, 0) is 38.5 Å². The first-order chi connectivity index (χ1) is 26.4. The predicted octanol–water partition coefficient (Wildman–Crippen LogP) is 10.6. The Kier molecular flexibility index (Phi) is 23.8. The van der Waals surface area contributed by atoms with Crippen molar-refractivity contribution in [2.45, 2.75) is 206 Å². The fraction of sp³-hybridized carbons (Fsp3) is 0.818. The Morgan fingerprint density at radius 3 is 1.13 bits per heavy atom. The third-order valence-corrected chi connectivity index (χ3v) is 11.2. The second-order valence-corrected chi connectivity index (χ2v) is 15.9. The van der Waals surface area contributed by atoms with E-state index in [1.54, 1.807) is 9.80 Å². The van der Waals surface area contributed by atoms with E-state index in [-0.39, 0.29) is 36.1 Å². The lowest BCUT2D eigenvalue weighted by Crippen LogP contribution is -2.27. The monoisotopic (exact) mass is 757 g/mol. The van der Waals surface area contributed by atoms with Gasteiger partial charge in [-0.15, -0.1) is 0 Å². The van der Waals surface area contributed by atoms with Gasteiger partial charge in [-0.1, -0.05) is 155 Å². The molecular formula is C44H76N4O6. The van der Waals surface area contributed by atoms with Gasteiger partial charge in [0.1, 0.15) is 11.5 Å². The molecule has 0 unspecified atom stereocenters. The maximum absolute atomic E-state index is 12.0. The number of fused-ring (bicyclic) bond motifs is 2. The zero-order valence-electron chi connectivity index (χ0n) is 34.3. The van der Waals surface area contributed by atoms with Gasteiger partial charge in [0.2, 0.25) is 11.8 Å². The number of hydrogen-bond donors (Lipinski definition) is 2. The Hall–Kier alpha value is -3.04. The van der Waals surface area contributed by atoms with Crippen LogP contribution in [0, 0.1) is 0 Å². The summed E-state index contributed by atoms with van der Waals surface area (Å²) in [5, 5.41) is 5.83. The number of unbranched alkanes of at least 4 members (excludes halogenated alkanes) is 22. The van der Waals surface area contributed by atoms with Crippen LogP contribution in [0.5, 0.6) is 0 Å². The van der Waals surface area contributed by atoms with Crippen LogP contribution in [0.1, 0.15) is 194 Å². The molecule has 0 saturated carbocycles. The lowest BCUT2D eigenvalue weighted by atomic mass is 10.1. The van der Waals surface area contributed by atoms with Crippen LogP contribution in [0.15, 0.2) is 23.7 Å². The highest BCUT2D eigenvalue weighted by molar-refractivity contribution is 5.90. The SMILES string of the molecule is CCCCCCCCCCCCCCNC(=O)/C=C1/OC(=O)N2CCC[C@H]12.CCCCCCCCCCCCCCNC(=O)/C=C1/OC(=O)N2CCC[C@H]12. The zero-order chi connectivity index (χ0) is 38.6. The van der Waals surface area contributed by atoms with Gasteiger partial charge in [-0.25, -0.2) is 9.59 Å². The number of rotatable bonds is 28. The molecule has 10 heteroatoms. The first-order valence-corrected chi connectivity index (χ1v) is 22.4. The maximum Gasteiger partial charge on any atom is 0.415 e. The predicted molar refractivity (Wildman–Crippen MR) is 217 cm³/mol. The average Bonchev–Trinajstić information content (AvgIpc) is 3.96. The van der Waals surface area contributed by atoms with Gasteiger partial charge in [0, 0.05) is 38.3 Å². The molecule has 4 amide bonds. The molecule has 0 aromatic carbocycles. The molecule has 54 heavy (non-hydrogen) atoms. The molecule has 4 aliphatic rings. The molecule has 2 atom stereocenters. The van der Waals surface area contributed by atoms with E-state index in [9.17, 15) is 19.2 Å². The normalized spacial score (nSPS) is 20.2. The summed E-state index contributed by atoms with van der Waals surface area (Å²) in [4.78, 5) is 50.8. The lowest BCUT2D eigenvalue weighted by molar-refractivity contribution is -0.117. The van der Waals surface area contributed by atoms with Crippen LogP contribution in [0.4, 0.5) is 9.59 Å². The number of amides is 4. The summed E-state index contributed by atoms with van der Waals surface area (Å²) >= 11 is 0. The van der Waals surface area contributed by atoms with Gasteiger partial charge in [0.05, 0.1) is 12.1 Å². The third-order valence-electron chi connectivity index (χ3n) is 11.2. The molecule has 0 aliphatic carbocycles.